The van der Waals surface area contributed by atoms with Crippen LogP contribution in [0.15, 0.2) is 30.3 Å². The Morgan fingerprint density at radius 2 is 2.18 bits per heavy atom. The van der Waals surface area contributed by atoms with Crippen molar-refractivity contribution in [2.24, 2.45) is 7.05 Å². The lowest BCUT2D eigenvalue weighted by Crippen LogP contribution is -2.10. The van der Waals surface area contributed by atoms with Gasteiger partial charge >= 0.3 is 0 Å². The first-order chi connectivity index (χ1) is 8.20. The lowest BCUT2D eigenvalue weighted by molar-refractivity contribution is 0.628. The Labute approximate surface area is 100 Å². The molecule has 1 aromatic carbocycles. The van der Waals surface area contributed by atoms with Crippen LogP contribution in [-0.2, 0) is 13.5 Å². The Balaban J connectivity index is 2.29. The molecule has 90 valence electrons. The highest BCUT2D eigenvalue weighted by molar-refractivity contribution is 5.59. The summed E-state index contributed by atoms with van der Waals surface area (Å²) in [7, 11) is 3.79. The summed E-state index contributed by atoms with van der Waals surface area (Å²) in [5, 5.41) is 7.49. The number of likely N-dealkylation sites (N-methyl/N-ethyl adjacent to an activating group) is 1. The van der Waals surface area contributed by atoms with Gasteiger partial charge in [0.25, 0.3) is 0 Å². The molecule has 0 aliphatic rings. The number of benzene rings is 1. The van der Waals surface area contributed by atoms with Gasteiger partial charge in [-0.1, -0.05) is 12.1 Å². The second kappa shape index (κ2) is 5.10. The first-order valence-corrected chi connectivity index (χ1v) is 5.64. The number of halogens is 1. The van der Waals surface area contributed by atoms with Crippen LogP contribution in [0.3, 0.4) is 0 Å². The predicted octanol–water partition coefficient (Wildman–Crippen LogP) is 1.99. The summed E-state index contributed by atoms with van der Waals surface area (Å²) in [6.07, 6.45) is 0.875. The minimum absolute atomic E-state index is 0.222. The standard InChI is InChI=1S/C13H16FN3/c1-15-7-6-12-9-13(17(2)16-12)10-4-3-5-11(14)8-10/h3-5,8-9,15H,6-7H2,1-2H3. The van der Waals surface area contributed by atoms with Gasteiger partial charge in [0.05, 0.1) is 11.4 Å². The van der Waals surface area contributed by atoms with Crippen LogP contribution in [0.5, 0.6) is 0 Å². The zero-order valence-corrected chi connectivity index (χ0v) is 10.1. The van der Waals surface area contributed by atoms with Crippen molar-refractivity contribution in [3.8, 4) is 11.3 Å². The van der Waals surface area contributed by atoms with E-state index < -0.39 is 0 Å². The van der Waals surface area contributed by atoms with Crippen molar-refractivity contribution in [2.45, 2.75) is 6.42 Å². The largest absolute Gasteiger partial charge is 0.319 e. The summed E-state index contributed by atoms with van der Waals surface area (Å²) in [4.78, 5) is 0. The average molecular weight is 233 g/mol. The number of nitrogens with one attached hydrogen (secondary N) is 1. The number of nitrogens with zero attached hydrogens (tertiary/aromatic N) is 2. The summed E-state index contributed by atoms with van der Waals surface area (Å²) in [6.45, 7) is 0.888. The van der Waals surface area contributed by atoms with E-state index in [9.17, 15) is 4.39 Å². The third-order valence-corrected chi connectivity index (χ3v) is 2.68. The zero-order valence-electron chi connectivity index (χ0n) is 10.1. The molecule has 1 aromatic heterocycles. The first kappa shape index (κ1) is 11.8. The summed E-state index contributed by atoms with van der Waals surface area (Å²) < 4.78 is 14.9. The maximum absolute atomic E-state index is 13.2. The molecule has 0 saturated heterocycles. The second-order valence-corrected chi connectivity index (χ2v) is 4.01. The molecule has 1 N–H and O–H groups in total. The van der Waals surface area contributed by atoms with E-state index in [0.717, 1.165) is 29.9 Å². The van der Waals surface area contributed by atoms with E-state index in [1.807, 2.05) is 26.2 Å². The normalized spacial score (nSPS) is 10.8. The van der Waals surface area contributed by atoms with Crippen molar-refractivity contribution in [1.29, 1.82) is 0 Å². The Kier molecular flexibility index (Phi) is 3.54. The van der Waals surface area contributed by atoms with E-state index >= 15 is 0 Å². The van der Waals surface area contributed by atoms with E-state index in [-0.39, 0.29) is 5.82 Å². The molecule has 2 rings (SSSR count). The zero-order chi connectivity index (χ0) is 12.3. The van der Waals surface area contributed by atoms with Crippen molar-refractivity contribution in [2.75, 3.05) is 13.6 Å². The summed E-state index contributed by atoms with van der Waals surface area (Å²) in [6, 6.07) is 8.58. The van der Waals surface area contributed by atoms with Gasteiger partial charge in [0.15, 0.2) is 0 Å². The molecule has 0 spiro atoms. The summed E-state index contributed by atoms with van der Waals surface area (Å²) >= 11 is 0. The van der Waals surface area contributed by atoms with Crippen molar-refractivity contribution in [3.05, 3.63) is 41.8 Å². The van der Waals surface area contributed by atoms with E-state index in [1.165, 1.54) is 12.1 Å². The highest BCUT2D eigenvalue weighted by atomic mass is 19.1. The average Bonchev–Trinajstić information content (AvgIpc) is 2.68. The van der Waals surface area contributed by atoms with E-state index in [1.54, 1.807) is 10.7 Å². The van der Waals surface area contributed by atoms with Crippen LogP contribution in [0.1, 0.15) is 5.69 Å². The Morgan fingerprint density at radius 3 is 2.88 bits per heavy atom. The molecule has 17 heavy (non-hydrogen) atoms. The lowest BCUT2D eigenvalue weighted by Gasteiger charge is -2.00. The van der Waals surface area contributed by atoms with Gasteiger partial charge < -0.3 is 5.32 Å². The molecule has 0 saturated carbocycles. The van der Waals surface area contributed by atoms with Crippen LogP contribution in [0, 0.1) is 5.82 Å². The monoisotopic (exact) mass is 233 g/mol. The fourth-order valence-corrected chi connectivity index (χ4v) is 1.82. The minimum atomic E-state index is -0.222. The quantitative estimate of drug-likeness (QED) is 0.875. The van der Waals surface area contributed by atoms with Crippen LogP contribution in [-0.4, -0.2) is 23.4 Å². The van der Waals surface area contributed by atoms with Gasteiger partial charge in [0.2, 0.25) is 0 Å². The molecule has 0 radical (unpaired) electrons. The highest BCUT2D eigenvalue weighted by Gasteiger charge is 2.07. The van der Waals surface area contributed by atoms with Gasteiger partial charge in [-0.25, -0.2) is 4.39 Å². The predicted molar refractivity (Wildman–Crippen MR) is 66.2 cm³/mol. The highest BCUT2D eigenvalue weighted by Crippen LogP contribution is 2.20. The van der Waals surface area contributed by atoms with Gasteiger partial charge in [0.1, 0.15) is 5.82 Å². The van der Waals surface area contributed by atoms with Crippen LogP contribution in [0.2, 0.25) is 0 Å². The molecule has 0 amide bonds. The van der Waals surface area contributed by atoms with Gasteiger partial charge in [-0.2, -0.15) is 5.10 Å². The lowest BCUT2D eigenvalue weighted by atomic mass is 10.1. The minimum Gasteiger partial charge on any atom is -0.319 e. The maximum Gasteiger partial charge on any atom is 0.123 e. The van der Waals surface area contributed by atoms with Crippen molar-refractivity contribution < 1.29 is 4.39 Å². The third-order valence-electron chi connectivity index (χ3n) is 2.68. The molecule has 2 aromatic rings. The molecular formula is C13H16FN3. The van der Waals surface area contributed by atoms with Crippen molar-refractivity contribution in [1.82, 2.24) is 15.1 Å². The Morgan fingerprint density at radius 1 is 1.35 bits per heavy atom. The molecule has 0 fully saturated rings. The third kappa shape index (κ3) is 2.71. The Bertz CT molecular complexity index is 505. The van der Waals surface area contributed by atoms with E-state index in [2.05, 4.69) is 10.4 Å². The fraction of sp³-hybridized carbons (Fsp3) is 0.308. The van der Waals surface area contributed by atoms with Gasteiger partial charge in [-0.05, 0) is 25.2 Å². The summed E-state index contributed by atoms with van der Waals surface area (Å²) in [5.74, 6) is -0.222. The topological polar surface area (TPSA) is 29.9 Å². The number of rotatable bonds is 4. The smallest absolute Gasteiger partial charge is 0.123 e. The number of aromatic nitrogens is 2. The number of hydrogen-bond donors (Lipinski definition) is 1. The van der Waals surface area contributed by atoms with Crippen LogP contribution < -0.4 is 5.32 Å². The van der Waals surface area contributed by atoms with Crippen LogP contribution >= 0.6 is 0 Å². The molecule has 3 nitrogen and oxygen atoms in total. The number of hydrogen-bond acceptors (Lipinski definition) is 2. The molecule has 4 heteroatoms. The molecule has 0 atom stereocenters. The van der Waals surface area contributed by atoms with Gasteiger partial charge in [0, 0.05) is 25.6 Å². The van der Waals surface area contributed by atoms with Crippen molar-refractivity contribution >= 4 is 0 Å². The second-order valence-electron chi connectivity index (χ2n) is 4.01. The fourth-order valence-electron chi connectivity index (χ4n) is 1.82. The SMILES string of the molecule is CNCCc1cc(-c2cccc(F)c2)n(C)n1. The molecule has 0 aliphatic heterocycles. The van der Waals surface area contributed by atoms with Crippen LogP contribution in [0.25, 0.3) is 11.3 Å². The summed E-state index contributed by atoms with van der Waals surface area (Å²) in [5.41, 5.74) is 2.81. The molecular weight excluding hydrogens is 217 g/mol. The Hall–Kier alpha value is -1.68. The number of aryl methyl sites for hydroxylation is 1. The van der Waals surface area contributed by atoms with E-state index in [4.69, 9.17) is 0 Å². The van der Waals surface area contributed by atoms with Crippen LogP contribution in [0.4, 0.5) is 4.39 Å². The molecule has 0 unspecified atom stereocenters. The molecule has 1 heterocycles. The van der Waals surface area contributed by atoms with Gasteiger partial charge in [-0.3, -0.25) is 4.68 Å². The maximum atomic E-state index is 13.2. The molecule has 0 aliphatic carbocycles. The molecule has 0 bridgehead atoms. The van der Waals surface area contributed by atoms with Gasteiger partial charge in [-0.15, -0.1) is 0 Å². The van der Waals surface area contributed by atoms with E-state index in [0.29, 0.717) is 0 Å². The first-order valence-electron chi connectivity index (χ1n) is 5.64. The van der Waals surface area contributed by atoms with Crippen molar-refractivity contribution in [3.63, 3.8) is 0 Å².